The number of benzene rings is 1. The second-order valence-electron chi connectivity index (χ2n) is 7.51. The largest absolute Gasteiger partial charge is 0.378 e. The lowest BCUT2D eigenvalue weighted by Crippen LogP contribution is -2.56. The Morgan fingerprint density at radius 1 is 0.968 bits per heavy atom. The average Bonchev–Trinajstić information content (AvgIpc) is 3.14. The molecule has 2 aliphatic heterocycles. The third-order valence-electron chi connectivity index (χ3n) is 5.44. The van der Waals surface area contributed by atoms with Crippen LogP contribution in [0.4, 0.5) is 26.2 Å². The summed E-state index contributed by atoms with van der Waals surface area (Å²) in [5.74, 6) is -0.655. The molecule has 11 heteroatoms. The van der Waals surface area contributed by atoms with Gasteiger partial charge in [-0.05, 0) is 18.2 Å². The highest BCUT2D eigenvalue weighted by Crippen LogP contribution is 2.26. The van der Waals surface area contributed by atoms with Gasteiger partial charge in [0, 0.05) is 44.0 Å². The van der Waals surface area contributed by atoms with Crippen molar-refractivity contribution in [3.63, 3.8) is 0 Å². The third kappa shape index (κ3) is 4.46. The maximum atomic E-state index is 13.5. The number of piperazine rings is 1. The molecule has 5 rings (SSSR count). The number of aromatic nitrogens is 4. The summed E-state index contributed by atoms with van der Waals surface area (Å²) in [6.07, 6.45) is 1.37. The number of pyridine rings is 1. The van der Waals surface area contributed by atoms with E-state index in [1.807, 2.05) is 12.1 Å². The van der Waals surface area contributed by atoms with E-state index in [9.17, 15) is 8.78 Å². The average molecular weight is 448 g/mol. The van der Waals surface area contributed by atoms with Gasteiger partial charge in [-0.2, -0.15) is 4.98 Å². The van der Waals surface area contributed by atoms with Crippen LogP contribution in [0.2, 0.25) is 5.15 Å². The quantitative estimate of drug-likeness (QED) is 0.603. The van der Waals surface area contributed by atoms with Gasteiger partial charge in [-0.3, -0.25) is 4.90 Å². The number of nitrogens with one attached hydrogen (secondary N) is 1. The minimum atomic E-state index is -0.689. The van der Waals surface area contributed by atoms with Crippen LogP contribution in [0.1, 0.15) is 0 Å². The lowest BCUT2D eigenvalue weighted by Gasteiger charge is -2.43. The van der Waals surface area contributed by atoms with E-state index in [-0.39, 0.29) is 11.6 Å². The zero-order valence-electron chi connectivity index (χ0n) is 16.5. The normalized spacial score (nSPS) is 17.6. The molecule has 2 fully saturated rings. The molecule has 0 saturated carbocycles. The first-order chi connectivity index (χ1) is 15.0. The molecule has 8 nitrogen and oxygen atoms in total. The first-order valence-electron chi connectivity index (χ1n) is 9.93. The van der Waals surface area contributed by atoms with E-state index in [1.54, 1.807) is 0 Å². The molecule has 0 unspecified atom stereocenters. The molecule has 3 aromatic rings. The van der Waals surface area contributed by atoms with Crippen molar-refractivity contribution in [3.8, 4) is 5.69 Å². The summed E-state index contributed by atoms with van der Waals surface area (Å²) in [6.45, 7) is 5.33. The van der Waals surface area contributed by atoms with Gasteiger partial charge in [0.2, 0.25) is 5.95 Å². The van der Waals surface area contributed by atoms with Crippen LogP contribution in [-0.4, -0.2) is 70.1 Å². The number of anilines is 3. The van der Waals surface area contributed by atoms with Crippen molar-refractivity contribution in [2.75, 3.05) is 49.6 Å². The molecule has 2 aliphatic rings. The predicted octanol–water partition coefficient (Wildman–Crippen LogP) is 2.86. The van der Waals surface area contributed by atoms with Crippen LogP contribution < -0.4 is 10.2 Å². The molecule has 2 saturated heterocycles. The fraction of sp³-hybridized carbons (Fsp3) is 0.350. The summed E-state index contributed by atoms with van der Waals surface area (Å²) in [4.78, 5) is 13.1. The van der Waals surface area contributed by atoms with Crippen molar-refractivity contribution < 1.29 is 13.5 Å². The highest BCUT2D eigenvalue weighted by Gasteiger charge is 2.29. The van der Waals surface area contributed by atoms with Gasteiger partial charge in [0.05, 0.1) is 24.9 Å². The summed E-state index contributed by atoms with van der Waals surface area (Å²) in [6, 6.07) is 7.40. The second kappa shape index (κ2) is 8.37. The van der Waals surface area contributed by atoms with E-state index in [1.165, 1.54) is 23.1 Å². The van der Waals surface area contributed by atoms with E-state index in [0.29, 0.717) is 17.0 Å². The topological polar surface area (TPSA) is 71.3 Å². The Balaban J connectivity index is 1.29. The lowest BCUT2D eigenvalue weighted by atomic mass is 10.1. The molecular formula is C20H20ClF2N7O. The van der Waals surface area contributed by atoms with Gasteiger partial charge in [0.15, 0.2) is 0 Å². The van der Waals surface area contributed by atoms with E-state index in [0.717, 1.165) is 51.1 Å². The molecule has 0 aliphatic carbocycles. The van der Waals surface area contributed by atoms with Gasteiger partial charge >= 0.3 is 0 Å². The van der Waals surface area contributed by atoms with Crippen LogP contribution in [0.3, 0.4) is 0 Å². The lowest BCUT2D eigenvalue weighted by molar-refractivity contribution is -0.0660. The molecule has 31 heavy (non-hydrogen) atoms. The maximum Gasteiger partial charge on any atom is 0.248 e. The molecular weight excluding hydrogens is 428 g/mol. The zero-order valence-corrected chi connectivity index (χ0v) is 17.3. The summed E-state index contributed by atoms with van der Waals surface area (Å²) < 4.78 is 33.5. The smallest absolute Gasteiger partial charge is 0.248 e. The first-order valence-corrected chi connectivity index (χ1v) is 10.3. The summed E-state index contributed by atoms with van der Waals surface area (Å²) in [7, 11) is 0. The van der Waals surface area contributed by atoms with Gasteiger partial charge in [-0.1, -0.05) is 11.6 Å². The van der Waals surface area contributed by atoms with Crippen LogP contribution in [0.25, 0.3) is 5.69 Å². The Labute approximate surface area is 182 Å². The van der Waals surface area contributed by atoms with Gasteiger partial charge in [0.25, 0.3) is 0 Å². The van der Waals surface area contributed by atoms with Crippen molar-refractivity contribution >= 4 is 29.1 Å². The molecule has 1 N–H and O–H groups in total. The molecule has 0 radical (unpaired) electrons. The molecule has 162 valence electrons. The third-order valence-corrected chi connectivity index (χ3v) is 5.63. The molecule has 0 spiro atoms. The molecule has 2 aromatic heterocycles. The number of nitrogens with zero attached hydrogens (tertiary/aromatic N) is 6. The Bertz CT molecular complexity index is 1060. The molecule has 0 atom stereocenters. The maximum absolute atomic E-state index is 13.5. The summed E-state index contributed by atoms with van der Waals surface area (Å²) in [5.41, 5.74) is 1.19. The Morgan fingerprint density at radius 2 is 1.71 bits per heavy atom. The van der Waals surface area contributed by atoms with Crippen LogP contribution in [-0.2, 0) is 4.74 Å². The van der Waals surface area contributed by atoms with E-state index in [4.69, 9.17) is 16.3 Å². The number of ether oxygens (including phenoxy) is 1. The number of hydrogen-bond acceptors (Lipinski definition) is 7. The first kappa shape index (κ1) is 20.1. The van der Waals surface area contributed by atoms with Crippen molar-refractivity contribution in [2.45, 2.75) is 6.04 Å². The molecule has 0 amide bonds. The molecule has 0 bridgehead atoms. The number of rotatable bonds is 5. The van der Waals surface area contributed by atoms with E-state index in [2.05, 4.69) is 30.2 Å². The summed E-state index contributed by atoms with van der Waals surface area (Å²) >= 11 is 6.25. The number of halogens is 3. The summed E-state index contributed by atoms with van der Waals surface area (Å²) in [5, 5.41) is 7.58. The Hall–Kier alpha value is -2.82. The standard InChI is InChI=1S/C20H20ClF2N7O/c21-18-8-15(28-1-3-29(4-2-28)17-10-31-11-17)9-19(25-18)26-20-24-12-30(27-20)16-6-13(22)5-14(23)7-16/h5-9,12,17H,1-4,10-11H2,(H,25,26,27). The van der Waals surface area contributed by atoms with Crippen molar-refractivity contribution in [1.82, 2.24) is 24.6 Å². The van der Waals surface area contributed by atoms with E-state index < -0.39 is 11.6 Å². The highest BCUT2D eigenvalue weighted by molar-refractivity contribution is 6.29. The Morgan fingerprint density at radius 3 is 2.39 bits per heavy atom. The van der Waals surface area contributed by atoms with Gasteiger partial charge in [0.1, 0.15) is 28.9 Å². The van der Waals surface area contributed by atoms with Crippen molar-refractivity contribution in [1.29, 1.82) is 0 Å². The van der Waals surface area contributed by atoms with Crippen LogP contribution in [0, 0.1) is 11.6 Å². The van der Waals surface area contributed by atoms with Crippen LogP contribution in [0.15, 0.2) is 36.7 Å². The molecule has 4 heterocycles. The second-order valence-corrected chi connectivity index (χ2v) is 7.90. The van der Waals surface area contributed by atoms with Crippen molar-refractivity contribution in [3.05, 3.63) is 53.4 Å². The number of hydrogen-bond donors (Lipinski definition) is 1. The minimum Gasteiger partial charge on any atom is -0.378 e. The SMILES string of the molecule is Fc1cc(F)cc(-n2cnc(Nc3cc(N4CCN(C5COC5)CC4)cc(Cl)n3)n2)c1. The van der Waals surface area contributed by atoms with Gasteiger partial charge in [-0.15, -0.1) is 5.10 Å². The van der Waals surface area contributed by atoms with E-state index >= 15 is 0 Å². The fourth-order valence-corrected chi connectivity index (χ4v) is 3.94. The minimum absolute atomic E-state index is 0.229. The van der Waals surface area contributed by atoms with Crippen LogP contribution in [0.5, 0.6) is 0 Å². The molecule has 1 aromatic carbocycles. The highest BCUT2D eigenvalue weighted by atomic mass is 35.5. The monoisotopic (exact) mass is 447 g/mol. The predicted molar refractivity (Wildman–Crippen MR) is 112 cm³/mol. The zero-order chi connectivity index (χ0) is 21.4. The fourth-order valence-electron chi connectivity index (χ4n) is 3.74. The Kier molecular flexibility index (Phi) is 5.43. The van der Waals surface area contributed by atoms with Gasteiger partial charge < -0.3 is 15.0 Å². The van der Waals surface area contributed by atoms with Gasteiger partial charge in [-0.25, -0.2) is 18.4 Å². The van der Waals surface area contributed by atoms with Crippen LogP contribution >= 0.6 is 11.6 Å². The van der Waals surface area contributed by atoms with Crippen molar-refractivity contribution in [2.24, 2.45) is 0 Å².